The summed E-state index contributed by atoms with van der Waals surface area (Å²) in [6, 6.07) is 8.55. The molecule has 1 heterocycles. The van der Waals surface area contributed by atoms with Crippen molar-refractivity contribution in [3.63, 3.8) is 0 Å². The van der Waals surface area contributed by atoms with Crippen molar-refractivity contribution in [1.29, 1.82) is 0 Å². The lowest BCUT2D eigenvalue weighted by Crippen LogP contribution is -2.62. The van der Waals surface area contributed by atoms with Gasteiger partial charge in [-0.1, -0.05) is 38.5 Å². The highest BCUT2D eigenvalue weighted by Gasteiger charge is 2.68. The molecule has 1 aromatic carbocycles. The fourth-order valence-corrected chi connectivity index (χ4v) is 8.89. The Kier molecular flexibility index (Phi) is 5.42. The van der Waals surface area contributed by atoms with Crippen LogP contribution in [0.2, 0.25) is 0 Å². The molecule has 4 aliphatic carbocycles. The van der Waals surface area contributed by atoms with E-state index in [1.165, 1.54) is 16.7 Å². The average Bonchev–Trinajstić information content (AvgIpc) is 3.39. The van der Waals surface area contributed by atoms with Gasteiger partial charge in [0.2, 0.25) is 0 Å². The molecule has 4 aliphatic rings. The Hall–Kier alpha value is -2.28. The van der Waals surface area contributed by atoms with Crippen LogP contribution in [0.5, 0.6) is 0 Å². The second-order valence-corrected chi connectivity index (χ2v) is 12.3. The van der Waals surface area contributed by atoms with Crippen molar-refractivity contribution >= 4 is 11.9 Å². The van der Waals surface area contributed by atoms with E-state index in [2.05, 4.69) is 48.9 Å². The molecule has 2 aromatic rings. The van der Waals surface area contributed by atoms with Crippen LogP contribution >= 0.6 is 0 Å². The Morgan fingerprint density at radius 1 is 1.25 bits per heavy atom. The summed E-state index contributed by atoms with van der Waals surface area (Å²) in [5.74, 6) is -0.0328. The molecule has 6 nitrogen and oxygen atoms in total. The lowest BCUT2D eigenvalue weighted by molar-refractivity contribution is -0.181. The molecule has 3 N–H and O–H groups in total. The number of aliphatic hydroxyl groups excluding tert-OH is 2. The van der Waals surface area contributed by atoms with Crippen molar-refractivity contribution in [2.75, 3.05) is 6.61 Å². The highest BCUT2D eigenvalue weighted by Crippen LogP contribution is 2.67. The summed E-state index contributed by atoms with van der Waals surface area (Å²) in [6.45, 7) is 5.79. The van der Waals surface area contributed by atoms with Crippen LogP contribution in [-0.4, -0.2) is 49.2 Å². The standard InChI is InChI=1S/C30H38N2O4/c1-4-18-6-5-7-21(12-18)32-24-13-20-8-9-22-23-10-11-30(36,26(35)17-33)29(23,3)15-25(34)27(22)28(20,2)14-19(24)16-31-32/h5-7,12-13,16,22-23,25,27,33-34,36H,4,8-11,14-15,17H2,1-3H3/t22?,23?,25-,27?,28-,29-,30-/m0/s1. The maximum atomic E-state index is 12.7. The van der Waals surface area contributed by atoms with Crippen LogP contribution in [0.1, 0.15) is 69.7 Å². The molecule has 0 saturated heterocycles. The fraction of sp³-hybridized carbons (Fsp3) is 0.600. The van der Waals surface area contributed by atoms with E-state index >= 15 is 0 Å². The minimum absolute atomic E-state index is 0.0714. The molecule has 0 radical (unpaired) electrons. The molecule has 0 spiro atoms. The minimum Gasteiger partial charge on any atom is -0.393 e. The molecule has 0 aliphatic heterocycles. The molecule has 3 saturated carbocycles. The minimum atomic E-state index is -1.55. The van der Waals surface area contributed by atoms with Crippen LogP contribution < -0.4 is 0 Å². The summed E-state index contributed by atoms with van der Waals surface area (Å²) in [5, 5.41) is 37.5. The number of Topliss-reactive ketones (excluding diaryl/α,β-unsaturated/α-hetero) is 1. The van der Waals surface area contributed by atoms with Gasteiger partial charge in [-0.25, -0.2) is 4.68 Å². The molecule has 0 amide bonds. The van der Waals surface area contributed by atoms with E-state index in [1.54, 1.807) is 0 Å². The van der Waals surface area contributed by atoms with Crippen LogP contribution in [-0.2, 0) is 17.6 Å². The molecular weight excluding hydrogens is 452 g/mol. The molecule has 1 aromatic heterocycles. The molecule has 3 fully saturated rings. The van der Waals surface area contributed by atoms with E-state index in [9.17, 15) is 20.1 Å². The van der Waals surface area contributed by atoms with Gasteiger partial charge < -0.3 is 15.3 Å². The molecule has 6 heteroatoms. The van der Waals surface area contributed by atoms with E-state index in [1.807, 2.05) is 13.1 Å². The molecule has 6 rings (SSSR count). The number of aliphatic hydroxyl groups is 3. The van der Waals surface area contributed by atoms with Crippen molar-refractivity contribution in [1.82, 2.24) is 9.78 Å². The number of rotatable bonds is 4. The van der Waals surface area contributed by atoms with Crippen LogP contribution in [0.3, 0.4) is 0 Å². The summed E-state index contributed by atoms with van der Waals surface area (Å²) >= 11 is 0. The van der Waals surface area contributed by atoms with Gasteiger partial charge in [-0.2, -0.15) is 5.10 Å². The van der Waals surface area contributed by atoms with Gasteiger partial charge in [0.1, 0.15) is 12.2 Å². The van der Waals surface area contributed by atoms with Gasteiger partial charge in [0.15, 0.2) is 5.78 Å². The van der Waals surface area contributed by atoms with Gasteiger partial charge in [-0.3, -0.25) is 4.79 Å². The first-order valence-corrected chi connectivity index (χ1v) is 13.6. The molecule has 192 valence electrons. The number of hydrogen-bond donors (Lipinski definition) is 3. The maximum Gasteiger partial charge on any atom is 0.190 e. The van der Waals surface area contributed by atoms with Gasteiger partial charge >= 0.3 is 0 Å². The zero-order valence-corrected chi connectivity index (χ0v) is 21.6. The highest BCUT2D eigenvalue weighted by molar-refractivity contribution is 5.89. The first-order chi connectivity index (χ1) is 17.2. The second kappa shape index (κ2) is 8.11. The quantitative estimate of drug-likeness (QED) is 0.605. The third kappa shape index (κ3) is 3.07. The number of fused-ring (bicyclic) bond motifs is 6. The number of aryl methyl sites for hydroxylation is 1. The Labute approximate surface area is 213 Å². The zero-order valence-electron chi connectivity index (χ0n) is 21.6. The predicted octanol–water partition coefficient (Wildman–Crippen LogP) is 3.88. The maximum absolute atomic E-state index is 12.7. The normalized spacial score (nSPS) is 39.0. The first kappa shape index (κ1) is 24.1. The summed E-state index contributed by atoms with van der Waals surface area (Å²) in [7, 11) is 0. The SMILES string of the molecule is CCc1cccc(-n2ncc3c2C=C2CCC4C([C@@H](O)C[C@@]5(C)C4CC[C@]5(O)C(=O)CO)[C@@]2(C)C3)c1. The number of hydrogen-bond acceptors (Lipinski definition) is 5. The number of benzene rings is 1. The predicted molar refractivity (Wildman–Crippen MR) is 137 cm³/mol. The van der Waals surface area contributed by atoms with Gasteiger partial charge in [0, 0.05) is 5.41 Å². The Morgan fingerprint density at radius 2 is 2.06 bits per heavy atom. The number of nitrogens with zero attached hydrogens (tertiary/aromatic N) is 2. The van der Waals surface area contributed by atoms with Crippen LogP contribution in [0.4, 0.5) is 0 Å². The van der Waals surface area contributed by atoms with E-state index in [0.717, 1.165) is 43.5 Å². The summed E-state index contributed by atoms with van der Waals surface area (Å²) in [6.07, 6.45) is 8.93. The van der Waals surface area contributed by atoms with Crippen molar-refractivity contribution in [3.05, 3.63) is 52.9 Å². The van der Waals surface area contributed by atoms with Crippen molar-refractivity contribution in [2.45, 2.75) is 77.4 Å². The van der Waals surface area contributed by atoms with Gasteiger partial charge in [0.25, 0.3) is 0 Å². The van der Waals surface area contributed by atoms with Gasteiger partial charge in [-0.05, 0) is 97.5 Å². The van der Waals surface area contributed by atoms with Crippen LogP contribution in [0.15, 0.2) is 36.0 Å². The number of ketones is 1. The number of aromatic nitrogens is 2. The van der Waals surface area contributed by atoms with Crippen LogP contribution in [0.25, 0.3) is 11.8 Å². The second-order valence-electron chi connectivity index (χ2n) is 12.3. The highest BCUT2D eigenvalue weighted by atomic mass is 16.3. The number of carbonyl (C=O) groups is 1. The monoisotopic (exact) mass is 490 g/mol. The third-order valence-corrected chi connectivity index (χ3v) is 10.7. The largest absolute Gasteiger partial charge is 0.393 e. The fourth-order valence-electron chi connectivity index (χ4n) is 8.89. The summed E-state index contributed by atoms with van der Waals surface area (Å²) in [4.78, 5) is 12.7. The topological polar surface area (TPSA) is 95.6 Å². The summed E-state index contributed by atoms with van der Waals surface area (Å²) < 4.78 is 2.05. The molecule has 3 unspecified atom stereocenters. The lowest BCUT2D eigenvalue weighted by Gasteiger charge is -2.60. The van der Waals surface area contributed by atoms with Crippen molar-refractivity contribution < 1.29 is 20.1 Å². The Bertz CT molecular complexity index is 1250. The molecule has 7 atom stereocenters. The number of allylic oxidation sites excluding steroid dienone is 1. The smallest absolute Gasteiger partial charge is 0.190 e. The lowest BCUT2D eigenvalue weighted by atomic mass is 9.45. The average molecular weight is 491 g/mol. The molecular formula is C30H38N2O4. The third-order valence-electron chi connectivity index (χ3n) is 10.7. The zero-order chi connectivity index (χ0) is 25.5. The number of carbonyl (C=O) groups excluding carboxylic acids is 1. The summed E-state index contributed by atoms with van der Waals surface area (Å²) in [5.41, 5.74) is 3.66. The first-order valence-electron chi connectivity index (χ1n) is 13.6. The van der Waals surface area contributed by atoms with E-state index < -0.39 is 29.5 Å². The van der Waals surface area contributed by atoms with E-state index in [4.69, 9.17) is 5.10 Å². The van der Waals surface area contributed by atoms with E-state index in [0.29, 0.717) is 12.8 Å². The molecule has 36 heavy (non-hydrogen) atoms. The van der Waals surface area contributed by atoms with Gasteiger partial charge in [-0.15, -0.1) is 0 Å². The van der Waals surface area contributed by atoms with Crippen molar-refractivity contribution in [3.8, 4) is 5.69 Å². The van der Waals surface area contributed by atoms with Crippen LogP contribution in [0, 0.1) is 28.6 Å². The Balaban J connectivity index is 1.36. The van der Waals surface area contributed by atoms with Gasteiger partial charge in [0.05, 0.1) is 23.7 Å². The van der Waals surface area contributed by atoms with E-state index in [-0.39, 0.29) is 23.2 Å². The molecule has 0 bridgehead atoms. The van der Waals surface area contributed by atoms with Crippen molar-refractivity contribution in [2.24, 2.45) is 28.6 Å². The Morgan fingerprint density at radius 3 is 2.81 bits per heavy atom.